The lowest BCUT2D eigenvalue weighted by atomic mass is 9.55. The lowest BCUT2D eigenvalue weighted by molar-refractivity contribution is -0.252. The molecule has 1 amide bonds. The second-order valence-corrected chi connectivity index (χ2v) is 17.6. The molecule has 0 saturated heterocycles. The zero-order chi connectivity index (χ0) is 44.8. The van der Waals surface area contributed by atoms with Gasteiger partial charge in [0.25, 0.3) is 5.91 Å². The predicted octanol–water partition coefficient (Wildman–Crippen LogP) is 11.4. The van der Waals surface area contributed by atoms with E-state index in [0.717, 1.165) is 75.4 Å². The Bertz CT molecular complexity index is 2700. The summed E-state index contributed by atoms with van der Waals surface area (Å²) >= 11 is 0. The van der Waals surface area contributed by atoms with Gasteiger partial charge in [-0.3, -0.25) is 4.79 Å². The van der Waals surface area contributed by atoms with Crippen molar-refractivity contribution >= 4 is 33.2 Å². The number of rotatable bonds is 18. The monoisotopic (exact) mass is 870 g/mol. The Morgan fingerprint density at radius 3 is 2.20 bits per heavy atom. The fourth-order valence-corrected chi connectivity index (χ4v) is 10.6. The van der Waals surface area contributed by atoms with Crippen LogP contribution in [-0.4, -0.2) is 65.4 Å². The molecule has 1 saturated carbocycles. The summed E-state index contributed by atoms with van der Waals surface area (Å²) in [4.78, 5) is 23.0. The molecule has 2 N–H and O–H groups in total. The summed E-state index contributed by atoms with van der Waals surface area (Å²) in [6.45, 7) is 4.75. The first-order valence-electron chi connectivity index (χ1n) is 23.1. The number of allylic oxidation sites excluding steroid dienone is 1. The van der Waals surface area contributed by atoms with Gasteiger partial charge in [0.05, 0.1) is 18.2 Å². The molecular formula is C56H58N2O7. The number of ether oxygens (including phenoxy) is 3. The van der Waals surface area contributed by atoms with E-state index in [1.54, 1.807) is 11.0 Å². The normalized spacial score (nSPS) is 22.7. The van der Waals surface area contributed by atoms with Gasteiger partial charge in [0.2, 0.25) is 5.79 Å². The number of carbonyl (C=O) groups excluding carboxylic acids is 1. The summed E-state index contributed by atoms with van der Waals surface area (Å²) in [5.41, 5.74) is 4.27. The van der Waals surface area contributed by atoms with Gasteiger partial charge in [0, 0.05) is 43.7 Å². The molecule has 1 heterocycles. The lowest BCUT2D eigenvalue weighted by Crippen LogP contribution is -2.69. The average Bonchev–Trinajstić information content (AvgIpc) is 3.34. The van der Waals surface area contributed by atoms with Crippen LogP contribution in [0.5, 0.6) is 17.2 Å². The molecule has 6 aromatic carbocycles. The van der Waals surface area contributed by atoms with Crippen LogP contribution in [0.25, 0.3) is 21.5 Å². The number of benzene rings is 6. The molecule has 6 aromatic rings. The van der Waals surface area contributed by atoms with Crippen molar-refractivity contribution in [2.75, 3.05) is 26.9 Å². The topological polar surface area (TPSA) is 110 Å². The third kappa shape index (κ3) is 9.06. The summed E-state index contributed by atoms with van der Waals surface area (Å²) < 4.78 is 21.2. The molecule has 9 heteroatoms. The number of amides is 1. The summed E-state index contributed by atoms with van der Waals surface area (Å²) in [7, 11) is 1.84. The van der Waals surface area contributed by atoms with Crippen LogP contribution in [0.4, 0.5) is 0 Å². The summed E-state index contributed by atoms with van der Waals surface area (Å²) in [5, 5.41) is 29.2. The Morgan fingerprint density at radius 1 is 0.800 bits per heavy atom. The number of unbranched alkanes of at least 4 members (excludes halogenated alkanes) is 2. The van der Waals surface area contributed by atoms with Crippen LogP contribution in [-0.2, 0) is 16.2 Å². The zero-order valence-electron chi connectivity index (χ0n) is 37.1. The maximum absolute atomic E-state index is 15.0. The van der Waals surface area contributed by atoms with E-state index >= 15 is 0 Å². The highest BCUT2D eigenvalue weighted by Gasteiger charge is 2.65. The van der Waals surface area contributed by atoms with Gasteiger partial charge in [0.15, 0.2) is 0 Å². The number of nitrogens with zero attached hydrogens (tertiary/aromatic N) is 2. The van der Waals surface area contributed by atoms with Crippen molar-refractivity contribution in [3.8, 4) is 17.2 Å². The van der Waals surface area contributed by atoms with Crippen LogP contribution in [0.15, 0.2) is 163 Å². The van der Waals surface area contributed by atoms with Crippen molar-refractivity contribution in [2.45, 2.75) is 69.3 Å². The van der Waals surface area contributed by atoms with Gasteiger partial charge < -0.3 is 34.2 Å². The molecule has 9 rings (SSSR count). The largest absolute Gasteiger partial charge is 0.459 e. The van der Waals surface area contributed by atoms with E-state index in [-0.39, 0.29) is 50.1 Å². The number of carbonyl (C=O) groups is 1. The van der Waals surface area contributed by atoms with Gasteiger partial charge in [-0.15, -0.1) is 6.58 Å². The molecule has 1 fully saturated rings. The second kappa shape index (κ2) is 19.9. The number of aliphatic hydroxyl groups excluding tert-OH is 2. The minimum Gasteiger partial charge on any atom is -0.459 e. The Morgan fingerprint density at radius 2 is 1.46 bits per heavy atom. The van der Waals surface area contributed by atoms with E-state index in [1.165, 1.54) is 0 Å². The average molecular weight is 871 g/mol. The van der Waals surface area contributed by atoms with Crippen LogP contribution in [0, 0.1) is 17.8 Å². The number of aliphatic hydroxyl groups is 2. The molecule has 0 spiro atoms. The lowest BCUT2D eigenvalue weighted by Gasteiger charge is -2.59. The Kier molecular flexibility index (Phi) is 13.4. The second-order valence-electron chi connectivity index (χ2n) is 17.6. The van der Waals surface area contributed by atoms with Crippen molar-refractivity contribution in [1.82, 2.24) is 4.90 Å². The highest BCUT2D eigenvalue weighted by atomic mass is 16.7. The van der Waals surface area contributed by atoms with Crippen molar-refractivity contribution in [2.24, 2.45) is 22.9 Å². The van der Waals surface area contributed by atoms with Crippen LogP contribution in [0.1, 0.15) is 72.3 Å². The SMILES string of the molecule is C=CCO[C@@]12Oc3ccc(Oc4ccc5ccccc5c4)cc3[C@H]3[C@H](CCCCO)[C@@H](CCCCO)C=C(C(=NOCc4ccccc4)C[C@@H]1N(C)C(=O)c1ccc4ccccc4c1)[C@H]32. The van der Waals surface area contributed by atoms with E-state index in [2.05, 4.69) is 43.0 Å². The summed E-state index contributed by atoms with van der Waals surface area (Å²) in [5.74, 6) is 0.0812. The predicted molar refractivity (Wildman–Crippen MR) is 256 cm³/mol. The molecule has 6 atom stereocenters. The Hall–Kier alpha value is -6.26. The standard InChI is InChI=1S/C56H58N2O7/c1-3-31-62-56-52(58(2)55(61)44-24-23-39-17-7-9-19-41(39)32-44)36-50(57-63-37-38-15-5-4-6-16-38)48-34-43(21-11-13-29-59)47(22-12-14-30-60)53(54(48)56)49-35-46(27-28-51(49)65-56)64-45-26-25-40-18-8-10-20-42(40)33-45/h3-10,15-20,23-28,32-35,43,47,52-54,59-60H,1,11-14,21-22,29-31,36-37H2,2H3/t43-,47+,52-,53+,54+,56+/m0/s1. The highest BCUT2D eigenvalue weighted by molar-refractivity contribution is 6.04. The molecule has 0 aromatic heterocycles. The van der Waals surface area contributed by atoms with Gasteiger partial charge in [-0.1, -0.05) is 121 Å². The number of likely N-dealkylation sites (N-methyl/N-ethyl adjacent to an activating group) is 1. The Labute approximate surface area is 381 Å². The molecule has 0 unspecified atom stereocenters. The number of fused-ring (bicyclic) bond motifs is 4. The summed E-state index contributed by atoms with van der Waals surface area (Å²) in [6.07, 6.45) is 9.11. The first-order chi connectivity index (χ1) is 31.9. The third-order valence-electron chi connectivity index (χ3n) is 13.6. The quantitative estimate of drug-likeness (QED) is 0.0503. The van der Waals surface area contributed by atoms with Crippen LogP contribution in [0.3, 0.4) is 0 Å². The molecule has 2 aliphatic carbocycles. The summed E-state index contributed by atoms with van der Waals surface area (Å²) in [6, 6.07) is 43.6. The molecule has 9 nitrogen and oxygen atoms in total. The van der Waals surface area contributed by atoms with E-state index in [9.17, 15) is 15.0 Å². The third-order valence-corrected chi connectivity index (χ3v) is 13.6. The molecule has 0 bridgehead atoms. The van der Waals surface area contributed by atoms with Crippen molar-refractivity contribution in [1.29, 1.82) is 0 Å². The fraction of sp³-hybridized carbons (Fsp3) is 0.321. The van der Waals surface area contributed by atoms with E-state index in [1.807, 2.05) is 110 Å². The van der Waals surface area contributed by atoms with Crippen molar-refractivity contribution in [3.05, 3.63) is 174 Å². The fourth-order valence-electron chi connectivity index (χ4n) is 10.6. The van der Waals surface area contributed by atoms with E-state index < -0.39 is 17.7 Å². The van der Waals surface area contributed by atoms with Crippen LogP contribution < -0.4 is 9.47 Å². The van der Waals surface area contributed by atoms with E-state index in [4.69, 9.17) is 24.2 Å². The maximum Gasteiger partial charge on any atom is 0.254 e. The van der Waals surface area contributed by atoms with Crippen LogP contribution in [0.2, 0.25) is 0 Å². The molecule has 0 radical (unpaired) electrons. The van der Waals surface area contributed by atoms with Gasteiger partial charge >= 0.3 is 0 Å². The number of hydrogen-bond acceptors (Lipinski definition) is 8. The van der Waals surface area contributed by atoms with Crippen molar-refractivity contribution < 1.29 is 34.1 Å². The minimum absolute atomic E-state index is 0.0750. The van der Waals surface area contributed by atoms with Crippen LogP contribution >= 0.6 is 0 Å². The van der Waals surface area contributed by atoms with Gasteiger partial charge in [-0.05, 0) is 113 Å². The Balaban J connectivity index is 1.21. The number of oxime groups is 1. The zero-order valence-corrected chi connectivity index (χ0v) is 37.1. The van der Waals surface area contributed by atoms with Gasteiger partial charge in [-0.2, -0.15) is 0 Å². The molecular weight excluding hydrogens is 813 g/mol. The molecule has 65 heavy (non-hydrogen) atoms. The van der Waals surface area contributed by atoms with Gasteiger partial charge in [0.1, 0.15) is 29.9 Å². The first-order valence-corrected chi connectivity index (χ1v) is 23.1. The van der Waals surface area contributed by atoms with Gasteiger partial charge in [-0.25, -0.2) is 0 Å². The maximum atomic E-state index is 15.0. The molecule has 1 aliphatic heterocycles. The highest BCUT2D eigenvalue weighted by Crippen LogP contribution is 2.62. The van der Waals surface area contributed by atoms with E-state index in [0.29, 0.717) is 36.3 Å². The first kappa shape index (κ1) is 44.0. The minimum atomic E-state index is -1.37. The smallest absolute Gasteiger partial charge is 0.254 e. The molecule has 334 valence electrons. The molecule has 3 aliphatic rings. The number of hydrogen-bond donors (Lipinski definition) is 2. The van der Waals surface area contributed by atoms with Crippen molar-refractivity contribution in [3.63, 3.8) is 0 Å².